The summed E-state index contributed by atoms with van der Waals surface area (Å²) in [6, 6.07) is 3.74. The highest BCUT2D eigenvalue weighted by Gasteiger charge is 2.26. The van der Waals surface area contributed by atoms with Crippen LogP contribution in [0.5, 0.6) is 0 Å². The molecule has 0 bridgehead atoms. The van der Waals surface area contributed by atoms with Crippen molar-refractivity contribution in [3.8, 4) is 0 Å². The molecule has 23 heavy (non-hydrogen) atoms. The third-order valence-electron chi connectivity index (χ3n) is 4.69. The molecule has 5 heteroatoms. The number of benzene rings is 1. The van der Waals surface area contributed by atoms with Crippen molar-refractivity contribution in [3.05, 3.63) is 35.4 Å². The lowest BCUT2D eigenvalue weighted by atomic mass is 9.92. The number of likely N-dealkylation sites (tertiary alicyclic amines) is 1. The Bertz CT molecular complexity index is 554. The molecule has 1 aliphatic heterocycles. The van der Waals surface area contributed by atoms with Gasteiger partial charge in [0.1, 0.15) is 0 Å². The van der Waals surface area contributed by atoms with Crippen molar-refractivity contribution >= 4 is 5.91 Å². The zero-order valence-corrected chi connectivity index (χ0v) is 14.4. The number of carbonyl (C=O) groups is 1. The first-order valence-corrected chi connectivity index (χ1v) is 8.21. The SMILES string of the molecule is CC1CC(C)CN(C(=O)CN(C)C(C)c2ccc(F)c(F)c2)C1. The van der Waals surface area contributed by atoms with E-state index in [1.54, 1.807) is 6.07 Å². The van der Waals surface area contributed by atoms with Crippen molar-refractivity contribution in [3.63, 3.8) is 0 Å². The van der Waals surface area contributed by atoms with E-state index in [0.29, 0.717) is 17.4 Å². The average Bonchev–Trinajstić information content (AvgIpc) is 2.48. The van der Waals surface area contributed by atoms with Crippen LogP contribution in [0.25, 0.3) is 0 Å². The molecule has 0 saturated carbocycles. The van der Waals surface area contributed by atoms with Gasteiger partial charge in [0.15, 0.2) is 11.6 Å². The molecule has 1 saturated heterocycles. The van der Waals surface area contributed by atoms with E-state index in [2.05, 4.69) is 13.8 Å². The number of rotatable bonds is 4. The van der Waals surface area contributed by atoms with Gasteiger partial charge in [0.05, 0.1) is 6.54 Å². The lowest BCUT2D eigenvalue weighted by molar-refractivity contribution is -0.135. The summed E-state index contributed by atoms with van der Waals surface area (Å²) in [6.45, 7) is 8.11. The van der Waals surface area contributed by atoms with E-state index in [0.717, 1.165) is 25.6 Å². The number of halogens is 2. The van der Waals surface area contributed by atoms with Gasteiger partial charge in [-0.2, -0.15) is 0 Å². The number of hydrogen-bond donors (Lipinski definition) is 0. The minimum Gasteiger partial charge on any atom is -0.341 e. The van der Waals surface area contributed by atoms with Gasteiger partial charge in [-0.25, -0.2) is 8.78 Å². The molecule has 0 aliphatic carbocycles. The minimum absolute atomic E-state index is 0.0975. The smallest absolute Gasteiger partial charge is 0.236 e. The molecule has 0 aromatic heterocycles. The van der Waals surface area contributed by atoms with Gasteiger partial charge in [-0.1, -0.05) is 19.9 Å². The van der Waals surface area contributed by atoms with Crippen molar-refractivity contribution in [2.75, 3.05) is 26.7 Å². The van der Waals surface area contributed by atoms with Crippen LogP contribution >= 0.6 is 0 Å². The Morgan fingerprint density at radius 1 is 1.26 bits per heavy atom. The van der Waals surface area contributed by atoms with Crippen LogP contribution in [0.1, 0.15) is 38.8 Å². The fourth-order valence-corrected chi connectivity index (χ4v) is 3.34. The number of amides is 1. The monoisotopic (exact) mass is 324 g/mol. The van der Waals surface area contributed by atoms with E-state index in [1.165, 1.54) is 6.07 Å². The first-order valence-electron chi connectivity index (χ1n) is 8.21. The van der Waals surface area contributed by atoms with Crippen LogP contribution in [0.15, 0.2) is 18.2 Å². The molecule has 1 aromatic carbocycles. The topological polar surface area (TPSA) is 23.6 Å². The predicted octanol–water partition coefficient (Wildman–Crippen LogP) is 3.46. The lowest BCUT2D eigenvalue weighted by Gasteiger charge is -2.36. The number of carbonyl (C=O) groups excluding carboxylic acids is 1. The second-order valence-electron chi connectivity index (χ2n) is 7.01. The van der Waals surface area contributed by atoms with Crippen molar-refractivity contribution in [1.82, 2.24) is 9.80 Å². The molecule has 3 atom stereocenters. The second-order valence-corrected chi connectivity index (χ2v) is 7.01. The van der Waals surface area contributed by atoms with Gasteiger partial charge in [-0.15, -0.1) is 0 Å². The molecule has 1 aliphatic rings. The van der Waals surface area contributed by atoms with Gasteiger partial charge in [0, 0.05) is 19.1 Å². The van der Waals surface area contributed by atoms with Gasteiger partial charge in [-0.3, -0.25) is 9.69 Å². The van der Waals surface area contributed by atoms with Crippen molar-refractivity contribution in [2.24, 2.45) is 11.8 Å². The molecular formula is C18H26F2N2O. The highest BCUT2D eigenvalue weighted by atomic mass is 19.2. The molecule has 0 spiro atoms. The largest absolute Gasteiger partial charge is 0.341 e. The first-order chi connectivity index (χ1) is 10.8. The molecule has 3 nitrogen and oxygen atoms in total. The Morgan fingerprint density at radius 3 is 2.43 bits per heavy atom. The number of hydrogen-bond acceptors (Lipinski definition) is 2. The maximum absolute atomic E-state index is 13.4. The van der Waals surface area contributed by atoms with Crippen LogP contribution in [-0.2, 0) is 4.79 Å². The second kappa shape index (κ2) is 7.39. The highest BCUT2D eigenvalue weighted by molar-refractivity contribution is 5.78. The zero-order chi connectivity index (χ0) is 17.1. The molecule has 1 heterocycles. The summed E-state index contributed by atoms with van der Waals surface area (Å²) in [4.78, 5) is 16.3. The van der Waals surface area contributed by atoms with Crippen LogP contribution < -0.4 is 0 Å². The van der Waals surface area contributed by atoms with E-state index < -0.39 is 11.6 Å². The Morgan fingerprint density at radius 2 is 1.87 bits per heavy atom. The molecule has 128 valence electrons. The van der Waals surface area contributed by atoms with Gasteiger partial charge in [0.25, 0.3) is 0 Å². The van der Waals surface area contributed by atoms with E-state index in [9.17, 15) is 13.6 Å². The fraction of sp³-hybridized carbons (Fsp3) is 0.611. The molecule has 0 N–H and O–H groups in total. The Kier molecular flexibility index (Phi) is 5.74. The third kappa shape index (κ3) is 4.50. The molecule has 2 rings (SSSR count). The van der Waals surface area contributed by atoms with Crippen LogP contribution in [0.3, 0.4) is 0 Å². The van der Waals surface area contributed by atoms with E-state index in [4.69, 9.17) is 0 Å². The normalized spacial score (nSPS) is 23.2. The fourth-order valence-electron chi connectivity index (χ4n) is 3.34. The van der Waals surface area contributed by atoms with E-state index in [-0.39, 0.29) is 18.5 Å². The zero-order valence-electron chi connectivity index (χ0n) is 14.4. The summed E-state index contributed by atoms with van der Waals surface area (Å²) < 4.78 is 26.4. The Balaban J connectivity index is 1.98. The summed E-state index contributed by atoms with van der Waals surface area (Å²) in [7, 11) is 1.83. The van der Waals surface area contributed by atoms with Crippen LogP contribution in [0, 0.1) is 23.5 Å². The van der Waals surface area contributed by atoms with Crippen LogP contribution in [0.4, 0.5) is 8.78 Å². The predicted molar refractivity (Wildman–Crippen MR) is 86.9 cm³/mol. The molecule has 1 amide bonds. The quantitative estimate of drug-likeness (QED) is 0.847. The van der Waals surface area contributed by atoms with E-state index >= 15 is 0 Å². The number of nitrogens with zero attached hydrogens (tertiary/aromatic N) is 2. The van der Waals surface area contributed by atoms with Gasteiger partial charge < -0.3 is 4.90 Å². The number of piperidine rings is 1. The Hall–Kier alpha value is -1.49. The maximum Gasteiger partial charge on any atom is 0.236 e. The minimum atomic E-state index is -0.854. The van der Waals surface area contributed by atoms with Gasteiger partial charge in [-0.05, 0) is 49.9 Å². The highest BCUT2D eigenvalue weighted by Crippen LogP contribution is 2.23. The van der Waals surface area contributed by atoms with Crippen LogP contribution in [-0.4, -0.2) is 42.4 Å². The van der Waals surface area contributed by atoms with Crippen molar-refractivity contribution in [2.45, 2.75) is 33.2 Å². The molecule has 3 unspecified atom stereocenters. The maximum atomic E-state index is 13.4. The molecule has 1 fully saturated rings. The summed E-state index contributed by atoms with van der Waals surface area (Å²) >= 11 is 0. The molecule has 1 aromatic rings. The van der Waals surface area contributed by atoms with Crippen molar-refractivity contribution in [1.29, 1.82) is 0 Å². The summed E-state index contributed by atoms with van der Waals surface area (Å²) in [5.74, 6) is -0.558. The van der Waals surface area contributed by atoms with Crippen molar-refractivity contribution < 1.29 is 13.6 Å². The van der Waals surface area contributed by atoms with Gasteiger partial charge in [0.2, 0.25) is 5.91 Å². The summed E-state index contributed by atoms with van der Waals surface area (Å²) in [5, 5.41) is 0. The lowest BCUT2D eigenvalue weighted by Crippen LogP contribution is -2.46. The third-order valence-corrected chi connectivity index (χ3v) is 4.69. The molecular weight excluding hydrogens is 298 g/mol. The van der Waals surface area contributed by atoms with Crippen LogP contribution in [0.2, 0.25) is 0 Å². The first kappa shape index (κ1) is 17.9. The summed E-state index contributed by atoms with van der Waals surface area (Å²) in [6.07, 6.45) is 1.16. The number of likely N-dealkylation sites (N-methyl/N-ethyl adjacent to an activating group) is 1. The average molecular weight is 324 g/mol. The Labute approximate surface area is 137 Å². The molecule has 0 radical (unpaired) electrons. The summed E-state index contributed by atoms with van der Waals surface area (Å²) in [5.41, 5.74) is 0.666. The standard InChI is InChI=1S/C18H26F2N2O/c1-12-7-13(2)10-22(9-12)18(23)11-21(4)14(3)15-5-6-16(19)17(20)8-15/h5-6,8,12-14H,7,9-11H2,1-4H3. The van der Waals surface area contributed by atoms with E-state index in [1.807, 2.05) is 23.8 Å². The van der Waals surface area contributed by atoms with Gasteiger partial charge >= 0.3 is 0 Å².